The predicted molar refractivity (Wildman–Crippen MR) is 77.4 cm³/mol. The van der Waals surface area contributed by atoms with E-state index in [1.807, 2.05) is 0 Å². The Morgan fingerprint density at radius 3 is 2.35 bits per heavy atom. The second-order valence-corrected chi connectivity index (χ2v) is 7.75. The van der Waals surface area contributed by atoms with Gasteiger partial charge in [-0.1, -0.05) is 20.3 Å². The van der Waals surface area contributed by atoms with E-state index in [-0.39, 0.29) is 18.4 Å². The van der Waals surface area contributed by atoms with Gasteiger partial charge in [0.15, 0.2) is 0 Å². The summed E-state index contributed by atoms with van der Waals surface area (Å²) in [5.41, 5.74) is 0.247. The molecule has 1 rings (SSSR count). The maximum atomic E-state index is 12.4. The number of rotatable bonds is 6. The zero-order valence-corrected chi connectivity index (χ0v) is 13.7. The van der Waals surface area contributed by atoms with Crippen LogP contribution in [0.3, 0.4) is 0 Å². The molecule has 1 fully saturated rings. The predicted octanol–water partition coefficient (Wildman–Crippen LogP) is 1.24. The van der Waals surface area contributed by atoms with E-state index in [4.69, 9.17) is 0 Å². The zero-order chi connectivity index (χ0) is 15.4. The van der Waals surface area contributed by atoms with Gasteiger partial charge in [0.05, 0.1) is 13.5 Å². The van der Waals surface area contributed by atoms with Crippen molar-refractivity contribution in [3.63, 3.8) is 0 Å². The fraction of sp³-hybridized carbons (Fsp3) is 0.923. The molecule has 0 aromatic heterocycles. The maximum absolute atomic E-state index is 12.4. The van der Waals surface area contributed by atoms with Crippen LogP contribution in [0.1, 0.15) is 39.5 Å². The van der Waals surface area contributed by atoms with Crippen molar-refractivity contribution < 1.29 is 17.9 Å². The first-order valence-electron chi connectivity index (χ1n) is 7.03. The van der Waals surface area contributed by atoms with Gasteiger partial charge in [-0.3, -0.25) is 4.79 Å². The fourth-order valence-electron chi connectivity index (χ4n) is 2.27. The number of methoxy groups -OCH3 is 1. The lowest BCUT2D eigenvalue weighted by atomic mass is 9.79. The maximum Gasteiger partial charge on any atom is 0.306 e. The van der Waals surface area contributed by atoms with Gasteiger partial charge < -0.3 is 4.74 Å². The molecule has 0 aromatic rings. The van der Waals surface area contributed by atoms with E-state index in [0.717, 1.165) is 19.3 Å². The average Bonchev–Trinajstić information content (AvgIpc) is 2.44. The van der Waals surface area contributed by atoms with Crippen LogP contribution in [0.4, 0.5) is 0 Å². The number of esters is 1. The Kier molecular flexibility index (Phi) is 5.97. The van der Waals surface area contributed by atoms with Crippen LogP contribution >= 0.6 is 0 Å². The number of carbonyl (C=O) groups excluding carboxylic acids is 1. The largest absolute Gasteiger partial charge is 0.469 e. The highest BCUT2D eigenvalue weighted by Crippen LogP contribution is 2.35. The fourth-order valence-corrected chi connectivity index (χ4v) is 3.63. The quantitative estimate of drug-likeness (QED) is 0.692. The SMILES string of the molecule is CCC1(C)CCN(S(=O)(=O)N(C)CCC(=O)OC)CC1. The minimum Gasteiger partial charge on any atom is -0.469 e. The van der Waals surface area contributed by atoms with Crippen molar-refractivity contribution in [2.45, 2.75) is 39.5 Å². The van der Waals surface area contributed by atoms with Crippen molar-refractivity contribution in [1.29, 1.82) is 0 Å². The first kappa shape index (κ1) is 17.4. The summed E-state index contributed by atoms with van der Waals surface area (Å²) in [7, 11) is -0.661. The third-order valence-corrected chi connectivity index (χ3v) is 6.35. The lowest BCUT2D eigenvalue weighted by Crippen LogP contribution is -2.48. The molecule has 1 aliphatic rings. The number of hydrogen-bond acceptors (Lipinski definition) is 4. The van der Waals surface area contributed by atoms with Crippen molar-refractivity contribution in [3.8, 4) is 0 Å². The van der Waals surface area contributed by atoms with E-state index >= 15 is 0 Å². The molecule has 0 spiro atoms. The molecular weight excluding hydrogens is 280 g/mol. The monoisotopic (exact) mass is 306 g/mol. The molecule has 6 nitrogen and oxygen atoms in total. The molecule has 1 saturated heterocycles. The summed E-state index contributed by atoms with van der Waals surface area (Å²) < 4.78 is 32.0. The van der Waals surface area contributed by atoms with E-state index < -0.39 is 16.2 Å². The highest BCUT2D eigenvalue weighted by molar-refractivity contribution is 7.86. The molecule has 0 aromatic carbocycles. The Morgan fingerprint density at radius 2 is 1.90 bits per heavy atom. The van der Waals surface area contributed by atoms with Crippen LogP contribution in [0.2, 0.25) is 0 Å². The first-order valence-corrected chi connectivity index (χ1v) is 8.43. The second-order valence-electron chi connectivity index (χ2n) is 5.72. The zero-order valence-electron chi connectivity index (χ0n) is 12.9. The van der Waals surface area contributed by atoms with Gasteiger partial charge in [0.2, 0.25) is 0 Å². The van der Waals surface area contributed by atoms with E-state index in [2.05, 4.69) is 18.6 Å². The molecule has 0 aliphatic carbocycles. The van der Waals surface area contributed by atoms with Crippen molar-refractivity contribution in [1.82, 2.24) is 8.61 Å². The highest BCUT2D eigenvalue weighted by Gasteiger charge is 2.35. The smallest absolute Gasteiger partial charge is 0.306 e. The molecule has 1 heterocycles. The Balaban J connectivity index is 2.59. The molecule has 7 heteroatoms. The summed E-state index contributed by atoms with van der Waals surface area (Å²) in [6, 6.07) is 0. The van der Waals surface area contributed by atoms with Gasteiger partial charge in [-0.25, -0.2) is 0 Å². The van der Waals surface area contributed by atoms with Gasteiger partial charge in [-0.2, -0.15) is 17.0 Å². The molecule has 0 unspecified atom stereocenters. The van der Waals surface area contributed by atoms with E-state index in [9.17, 15) is 13.2 Å². The van der Waals surface area contributed by atoms with Gasteiger partial charge in [-0.15, -0.1) is 0 Å². The van der Waals surface area contributed by atoms with E-state index in [1.165, 1.54) is 22.8 Å². The molecule has 0 radical (unpaired) electrons. The minimum absolute atomic E-state index is 0.0761. The molecule has 0 amide bonds. The van der Waals surface area contributed by atoms with Crippen molar-refractivity contribution in [2.24, 2.45) is 5.41 Å². The standard InChI is InChI=1S/C13H26N2O4S/c1-5-13(2)7-10-15(11-8-13)20(17,18)14(3)9-6-12(16)19-4/h5-11H2,1-4H3. The molecule has 0 atom stereocenters. The average molecular weight is 306 g/mol. The van der Waals surface area contributed by atoms with Crippen LogP contribution in [-0.4, -0.2) is 56.8 Å². The lowest BCUT2D eigenvalue weighted by molar-refractivity contribution is -0.140. The van der Waals surface area contributed by atoms with Crippen LogP contribution < -0.4 is 0 Å². The molecule has 20 heavy (non-hydrogen) atoms. The van der Waals surface area contributed by atoms with Crippen LogP contribution in [0.25, 0.3) is 0 Å². The molecular formula is C13H26N2O4S. The minimum atomic E-state index is -3.47. The Bertz CT molecular complexity index is 428. The summed E-state index contributed by atoms with van der Waals surface area (Å²) in [5, 5.41) is 0. The summed E-state index contributed by atoms with van der Waals surface area (Å²) >= 11 is 0. The number of nitrogens with zero attached hydrogens (tertiary/aromatic N) is 2. The van der Waals surface area contributed by atoms with Crippen molar-refractivity contribution >= 4 is 16.2 Å². The topological polar surface area (TPSA) is 66.9 Å². The van der Waals surface area contributed by atoms with Crippen LogP contribution in [0, 0.1) is 5.41 Å². The Labute approximate surface area is 122 Å². The highest BCUT2D eigenvalue weighted by atomic mass is 32.2. The number of piperidine rings is 1. The Hall–Kier alpha value is -0.660. The van der Waals surface area contributed by atoms with E-state index in [0.29, 0.717) is 13.1 Å². The number of carbonyl (C=O) groups is 1. The van der Waals surface area contributed by atoms with Gasteiger partial charge in [-0.05, 0) is 18.3 Å². The van der Waals surface area contributed by atoms with E-state index in [1.54, 1.807) is 0 Å². The molecule has 1 aliphatic heterocycles. The van der Waals surface area contributed by atoms with Crippen LogP contribution in [0.5, 0.6) is 0 Å². The second kappa shape index (κ2) is 6.87. The summed E-state index contributed by atoms with van der Waals surface area (Å²) in [5.74, 6) is -0.399. The van der Waals surface area contributed by atoms with Crippen LogP contribution in [-0.2, 0) is 19.7 Å². The normalized spacial score (nSPS) is 20.1. The Morgan fingerprint density at radius 1 is 1.35 bits per heavy atom. The van der Waals surface area contributed by atoms with Gasteiger partial charge >= 0.3 is 5.97 Å². The number of ether oxygens (including phenoxy) is 1. The van der Waals surface area contributed by atoms with Crippen molar-refractivity contribution in [2.75, 3.05) is 33.8 Å². The summed E-state index contributed by atoms with van der Waals surface area (Å²) in [6.45, 7) is 5.60. The third kappa shape index (κ3) is 4.17. The van der Waals surface area contributed by atoms with Gasteiger partial charge in [0.1, 0.15) is 0 Å². The molecule has 118 valence electrons. The third-order valence-electron chi connectivity index (χ3n) is 4.36. The molecule has 0 saturated carbocycles. The summed E-state index contributed by atoms with van der Waals surface area (Å²) in [4.78, 5) is 11.1. The van der Waals surface area contributed by atoms with Crippen LogP contribution in [0.15, 0.2) is 0 Å². The number of hydrogen-bond donors (Lipinski definition) is 0. The molecule has 0 bridgehead atoms. The lowest BCUT2D eigenvalue weighted by Gasteiger charge is -2.39. The summed E-state index contributed by atoms with van der Waals surface area (Å²) in [6.07, 6.45) is 2.91. The van der Waals surface area contributed by atoms with Gasteiger partial charge in [0, 0.05) is 26.7 Å². The first-order chi connectivity index (χ1) is 9.25. The molecule has 0 N–H and O–H groups in total. The van der Waals surface area contributed by atoms with Gasteiger partial charge in [0.25, 0.3) is 10.2 Å². The van der Waals surface area contributed by atoms with Crippen molar-refractivity contribution in [3.05, 3.63) is 0 Å².